The molecule has 1 aromatic heterocycles. The number of benzene rings is 1. The predicted octanol–water partition coefficient (Wildman–Crippen LogP) is 3.36. The number of hydrogen-bond acceptors (Lipinski definition) is 4. The minimum absolute atomic E-state index is 0.280. The molecule has 2 rings (SSSR count). The summed E-state index contributed by atoms with van der Waals surface area (Å²) >= 11 is 5.82. The first kappa shape index (κ1) is 12.6. The summed E-state index contributed by atoms with van der Waals surface area (Å²) < 4.78 is 13.6. The Morgan fingerprint density at radius 2 is 2.00 bits per heavy atom. The zero-order valence-corrected chi connectivity index (χ0v) is 10.7. The summed E-state index contributed by atoms with van der Waals surface area (Å²) in [6, 6.07) is 6.03. The zero-order chi connectivity index (χ0) is 13.1. The van der Waals surface area contributed by atoms with E-state index < -0.39 is 0 Å². The molecule has 0 unspecified atom stereocenters. The van der Waals surface area contributed by atoms with Crippen LogP contribution in [0.4, 0.5) is 21.8 Å². The Bertz CT molecular complexity index is 574. The molecule has 0 aliphatic heterocycles. The fourth-order valence-electron chi connectivity index (χ4n) is 1.48. The summed E-state index contributed by atoms with van der Waals surface area (Å²) in [6.45, 7) is 1.84. The minimum Gasteiger partial charge on any atom is -0.357 e. The van der Waals surface area contributed by atoms with E-state index in [0.29, 0.717) is 16.8 Å². The molecule has 0 fully saturated rings. The molecule has 0 aliphatic rings. The molecular formula is C12H12ClFN4. The summed E-state index contributed by atoms with van der Waals surface area (Å²) in [4.78, 5) is 8.33. The first-order chi connectivity index (χ1) is 8.58. The number of aromatic nitrogens is 2. The average molecular weight is 267 g/mol. The van der Waals surface area contributed by atoms with Crippen LogP contribution in [0.5, 0.6) is 0 Å². The van der Waals surface area contributed by atoms with E-state index in [0.717, 1.165) is 5.69 Å². The molecule has 0 bridgehead atoms. The van der Waals surface area contributed by atoms with Gasteiger partial charge in [-0.25, -0.2) is 9.37 Å². The van der Waals surface area contributed by atoms with Crippen LogP contribution in [0.3, 0.4) is 0 Å². The number of anilines is 3. The van der Waals surface area contributed by atoms with Gasteiger partial charge in [0.15, 0.2) is 0 Å². The SMILES string of the molecule is CNc1nc(C)cc(Nc2cc(Cl)ccc2F)n1. The van der Waals surface area contributed by atoms with E-state index in [1.807, 2.05) is 6.92 Å². The lowest BCUT2D eigenvalue weighted by Gasteiger charge is -2.09. The van der Waals surface area contributed by atoms with Crippen molar-refractivity contribution in [2.24, 2.45) is 0 Å². The number of hydrogen-bond donors (Lipinski definition) is 2. The van der Waals surface area contributed by atoms with Gasteiger partial charge in [-0.2, -0.15) is 4.98 Å². The highest BCUT2D eigenvalue weighted by Crippen LogP contribution is 2.23. The van der Waals surface area contributed by atoms with Gasteiger partial charge in [0.1, 0.15) is 11.6 Å². The first-order valence-electron chi connectivity index (χ1n) is 5.34. The molecule has 6 heteroatoms. The van der Waals surface area contributed by atoms with Crippen LogP contribution in [0, 0.1) is 12.7 Å². The van der Waals surface area contributed by atoms with Crippen molar-refractivity contribution < 1.29 is 4.39 Å². The first-order valence-corrected chi connectivity index (χ1v) is 5.72. The topological polar surface area (TPSA) is 49.8 Å². The largest absolute Gasteiger partial charge is 0.357 e. The third-order valence-corrected chi connectivity index (χ3v) is 2.50. The molecule has 18 heavy (non-hydrogen) atoms. The van der Waals surface area contributed by atoms with E-state index in [4.69, 9.17) is 11.6 Å². The van der Waals surface area contributed by atoms with Gasteiger partial charge in [-0.3, -0.25) is 0 Å². The van der Waals surface area contributed by atoms with Gasteiger partial charge >= 0.3 is 0 Å². The lowest BCUT2D eigenvalue weighted by Crippen LogP contribution is -2.02. The molecular weight excluding hydrogens is 255 g/mol. The van der Waals surface area contributed by atoms with Crippen molar-refractivity contribution in [3.8, 4) is 0 Å². The highest BCUT2D eigenvalue weighted by atomic mass is 35.5. The predicted molar refractivity (Wildman–Crippen MR) is 71.0 cm³/mol. The smallest absolute Gasteiger partial charge is 0.224 e. The van der Waals surface area contributed by atoms with Crippen LogP contribution in [0.25, 0.3) is 0 Å². The van der Waals surface area contributed by atoms with Crippen molar-refractivity contribution in [2.75, 3.05) is 17.7 Å². The molecule has 4 nitrogen and oxygen atoms in total. The van der Waals surface area contributed by atoms with E-state index >= 15 is 0 Å². The summed E-state index contributed by atoms with van der Waals surface area (Å²) in [5, 5.41) is 6.17. The summed E-state index contributed by atoms with van der Waals surface area (Å²) in [6.07, 6.45) is 0. The Balaban J connectivity index is 2.33. The molecule has 0 radical (unpaired) electrons. The molecule has 1 heterocycles. The maximum absolute atomic E-state index is 13.6. The van der Waals surface area contributed by atoms with Crippen LogP contribution in [-0.4, -0.2) is 17.0 Å². The molecule has 0 atom stereocenters. The Kier molecular flexibility index (Phi) is 3.62. The van der Waals surface area contributed by atoms with Gasteiger partial charge in [-0.05, 0) is 25.1 Å². The van der Waals surface area contributed by atoms with Gasteiger partial charge < -0.3 is 10.6 Å². The van der Waals surface area contributed by atoms with E-state index in [9.17, 15) is 4.39 Å². The molecule has 0 amide bonds. The summed E-state index contributed by atoms with van der Waals surface area (Å²) in [5.41, 5.74) is 1.06. The molecule has 94 valence electrons. The molecule has 0 spiro atoms. The van der Waals surface area contributed by atoms with E-state index in [1.54, 1.807) is 13.1 Å². The molecule has 1 aromatic carbocycles. The fourth-order valence-corrected chi connectivity index (χ4v) is 1.65. The second kappa shape index (κ2) is 5.18. The lowest BCUT2D eigenvalue weighted by atomic mass is 10.3. The third-order valence-electron chi connectivity index (χ3n) is 2.27. The van der Waals surface area contributed by atoms with Crippen molar-refractivity contribution in [1.82, 2.24) is 9.97 Å². The van der Waals surface area contributed by atoms with Crippen molar-refractivity contribution in [3.05, 3.63) is 40.8 Å². The molecule has 2 N–H and O–H groups in total. The Morgan fingerprint density at radius 1 is 1.22 bits per heavy atom. The van der Waals surface area contributed by atoms with Crippen LogP contribution >= 0.6 is 11.6 Å². The Morgan fingerprint density at radius 3 is 2.72 bits per heavy atom. The fraction of sp³-hybridized carbons (Fsp3) is 0.167. The highest BCUT2D eigenvalue weighted by molar-refractivity contribution is 6.30. The van der Waals surface area contributed by atoms with Gasteiger partial charge in [0, 0.05) is 23.8 Å². The van der Waals surface area contributed by atoms with Crippen molar-refractivity contribution >= 4 is 29.1 Å². The number of halogens is 2. The van der Waals surface area contributed by atoms with E-state index in [2.05, 4.69) is 20.6 Å². The lowest BCUT2D eigenvalue weighted by molar-refractivity contribution is 0.632. The van der Waals surface area contributed by atoms with Gasteiger partial charge in [0.25, 0.3) is 0 Å². The van der Waals surface area contributed by atoms with Crippen LogP contribution in [0.2, 0.25) is 5.02 Å². The molecule has 0 aliphatic carbocycles. The number of rotatable bonds is 3. The van der Waals surface area contributed by atoms with Crippen molar-refractivity contribution in [1.29, 1.82) is 0 Å². The van der Waals surface area contributed by atoms with Gasteiger partial charge in [-0.1, -0.05) is 11.6 Å². The van der Waals surface area contributed by atoms with Gasteiger partial charge in [-0.15, -0.1) is 0 Å². The van der Waals surface area contributed by atoms with Crippen LogP contribution in [0.15, 0.2) is 24.3 Å². The Labute approximate surface area is 109 Å². The molecule has 2 aromatic rings. The van der Waals surface area contributed by atoms with Gasteiger partial charge in [0.05, 0.1) is 5.69 Å². The van der Waals surface area contributed by atoms with Crippen molar-refractivity contribution in [3.63, 3.8) is 0 Å². The van der Waals surface area contributed by atoms with Crippen LogP contribution in [0.1, 0.15) is 5.69 Å². The van der Waals surface area contributed by atoms with E-state index in [1.165, 1.54) is 18.2 Å². The summed E-state index contributed by atoms with van der Waals surface area (Å²) in [5.74, 6) is 0.592. The monoisotopic (exact) mass is 266 g/mol. The van der Waals surface area contributed by atoms with Gasteiger partial charge in [0.2, 0.25) is 5.95 Å². The maximum atomic E-state index is 13.6. The quantitative estimate of drug-likeness (QED) is 0.894. The number of nitrogens with one attached hydrogen (secondary N) is 2. The van der Waals surface area contributed by atoms with E-state index in [-0.39, 0.29) is 11.5 Å². The number of nitrogens with zero attached hydrogens (tertiary/aromatic N) is 2. The summed E-state index contributed by atoms with van der Waals surface area (Å²) in [7, 11) is 1.72. The highest BCUT2D eigenvalue weighted by Gasteiger charge is 2.06. The second-order valence-corrected chi connectivity index (χ2v) is 4.15. The standard InChI is InChI=1S/C12H12ClFN4/c1-7-5-11(18-12(15-2)16-7)17-10-6-8(13)3-4-9(10)14/h3-6H,1-2H3,(H2,15,16,17,18). The second-order valence-electron chi connectivity index (χ2n) is 3.72. The minimum atomic E-state index is -0.387. The maximum Gasteiger partial charge on any atom is 0.224 e. The van der Waals surface area contributed by atoms with Crippen LogP contribution in [-0.2, 0) is 0 Å². The number of aryl methyl sites for hydroxylation is 1. The van der Waals surface area contributed by atoms with Crippen molar-refractivity contribution in [2.45, 2.75) is 6.92 Å². The average Bonchev–Trinajstić information content (AvgIpc) is 2.33. The van der Waals surface area contributed by atoms with Crippen LogP contribution < -0.4 is 10.6 Å². The molecule has 0 saturated heterocycles. The zero-order valence-electron chi connectivity index (χ0n) is 9.96. The third kappa shape index (κ3) is 2.87. The normalized spacial score (nSPS) is 10.2. The Hall–Kier alpha value is -1.88. The molecule has 0 saturated carbocycles.